The SMILES string of the molecule is CC(=O)OOC1(C)C=CC(C)(C)C=C1. The lowest BCUT2D eigenvalue weighted by molar-refractivity contribution is -0.304. The van der Waals surface area contributed by atoms with Gasteiger partial charge in [-0.15, -0.1) is 0 Å². The van der Waals surface area contributed by atoms with Crippen molar-refractivity contribution in [2.24, 2.45) is 5.41 Å². The van der Waals surface area contributed by atoms with Crippen LogP contribution in [0.2, 0.25) is 0 Å². The quantitative estimate of drug-likeness (QED) is 0.386. The van der Waals surface area contributed by atoms with Gasteiger partial charge in [-0.05, 0) is 19.1 Å². The van der Waals surface area contributed by atoms with Crippen molar-refractivity contribution in [3.05, 3.63) is 24.3 Å². The Hall–Kier alpha value is -1.09. The maximum absolute atomic E-state index is 10.6. The van der Waals surface area contributed by atoms with E-state index in [1.165, 1.54) is 6.92 Å². The average Bonchev–Trinajstić information content (AvgIpc) is 2.08. The summed E-state index contributed by atoms with van der Waals surface area (Å²) in [5.74, 6) is -0.446. The van der Waals surface area contributed by atoms with Gasteiger partial charge in [-0.1, -0.05) is 26.0 Å². The molecule has 0 saturated carbocycles. The molecule has 0 aromatic rings. The molecule has 3 heteroatoms. The molecule has 0 bridgehead atoms. The van der Waals surface area contributed by atoms with E-state index in [1.54, 1.807) is 0 Å². The minimum Gasteiger partial charge on any atom is -0.297 e. The van der Waals surface area contributed by atoms with Gasteiger partial charge >= 0.3 is 5.97 Å². The van der Waals surface area contributed by atoms with Gasteiger partial charge < -0.3 is 0 Å². The summed E-state index contributed by atoms with van der Waals surface area (Å²) >= 11 is 0. The minimum absolute atomic E-state index is 0.0408. The van der Waals surface area contributed by atoms with E-state index in [-0.39, 0.29) is 5.41 Å². The fourth-order valence-electron chi connectivity index (χ4n) is 1.08. The molecule has 0 atom stereocenters. The third-order valence-electron chi connectivity index (χ3n) is 2.03. The number of rotatable bonds is 2. The Morgan fingerprint density at radius 3 is 2.00 bits per heavy atom. The molecular formula is C11H16O3. The standard InChI is InChI=1S/C11H16O3/c1-9(12)13-14-11(4)7-5-10(2,3)6-8-11/h5-8H,1-4H3. The summed E-state index contributed by atoms with van der Waals surface area (Å²) in [6.45, 7) is 7.32. The van der Waals surface area contributed by atoms with Gasteiger partial charge in [0.25, 0.3) is 0 Å². The molecule has 0 spiro atoms. The number of hydrogen-bond donors (Lipinski definition) is 0. The highest BCUT2D eigenvalue weighted by Crippen LogP contribution is 2.29. The smallest absolute Gasteiger partial charge is 0.297 e. The number of carbonyl (C=O) groups excluding carboxylic acids is 1. The zero-order valence-electron chi connectivity index (χ0n) is 9.03. The van der Waals surface area contributed by atoms with Gasteiger partial charge in [0.1, 0.15) is 5.60 Å². The second-order valence-corrected chi connectivity index (χ2v) is 4.33. The fourth-order valence-corrected chi connectivity index (χ4v) is 1.08. The molecule has 0 heterocycles. The van der Waals surface area contributed by atoms with Crippen molar-refractivity contribution in [3.63, 3.8) is 0 Å². The van der Waals surface area contributed by atoms with Crippen molar-refractivity contribution in [1.29, 1.82) is 0 Å². The number of hydrogen-bond acceptors (Lipinski definition) is 3. The second-order valence-electron chi connectivity index (χ2n) is 4.33. The van der Waals surface area contributed by atoms with Crippen molar-refractivity contribution in [3.8, 4) is 0 Å². The van der Waals surface area contributed by atoms with Crippen molar-refractivity contribution in [1.82, 2.24) is 0 Å². The average molecular weight is 196 g/mol. The zero-order chi connectivity index (χ0) is 10.8. The van der Waals surface area contributed by atoms with Gasteiger partial charge in [-0.3, -0.25) is 4.89 Å². The molecule has 1 rings (SSSR count). The molecule has 0 unspecified atom stereocenters. The molecule has 0 saturated heterocycles. The van der Waals surface area contributed by atoms with Crippen LogP contribution in [0.1, 0.15) is 27.7 Å². The molecule has 78 valence electrons. The lowest BCUT2D eigenvalue weighted by atomic mass is 9.84. The Labute approximate surface area is 84.3 Å². The fraction of sp³-hybridized carbons (Fsp3) is 0.545. The first-order valence-electron chi connectivity index (χ1n) is 4.60. The van der Waals surface area contributed by atoms with E-state index in [1.807, 2.05) is 31.2 Å². The van der Waals surface area contributed by atoms with Crippen LogP contribution in [-0.2, 0) is 14.6 Å². The van der Waals surface area contributed by atoms with Crippen LogP contribution in [0.4, 0.5) is 0 Å². The van der Waals surface area contributed by atoms with E-state index in [4.69, 9.17) is 4.89 Å². The Bertz CT molecular complexity index is 271. The van der Waals surface area contributed by atoms with Crippen LogP contribution in [0.25, 0.3) is 0 Å². The summed E-state index contributed by atoms with van der Waals surface area (Å²) in [6.07, 6.45) is 7.82. The first-order valence-corrected chi connectivity index (χ1v) is 4.60. The van der Waals surface area contributed by atoms with Crippen molar-refractivity contribution >= 4 is 5.97 Å². The highest BCUT2D eigenvalue weighted by atomic mass is 17.2. The summed E-state index contributed by atoms with van der Waals surface area (Å²) in [6, 6.07) is 0. The van der Waals surface area contributed by atoms with Gasteiger partial charge in [-0.25, -0.2) is 4.79 Å². The van der Waals surface area contributed by atoms with Crippen LogP contribution in [-0.4, -0.2) is 11.6 Å². The summed E-state index contributed by atoms with van der Waals surface area (Å²) in [4.78, 5) is 20.1. The maximum atomic E-state index is 10.6. The van der Waals surface area contributed by atoms with E-state index in [0.29, 0.717) is 0 Å². The lowest BCUT2D eigenvalue weighted by Gasteiger charge is -2.28. The topological polar surface area (TPSA) is 35.5 Å². The van der Waals surface area contributed by atoms with Gasteiger partial charge in [0, 0.05) is 12.3 Å². The van der Waals surface area contributed by atoms with Crippen molar-refractivity contribution in [2.75, 3.05) is 0 Å². The molecule has 0 amide bonds. The van der Waals surface area contributed by atoms with E-state index in [9.17, 15) is 4.79 Å². The monoisotopic (exact) mass is 196 g/mol. The van der Waals surface area contributed by atoms with Gasteiger partial charge in [-0.2, -0.15) is 4.89 Å². The van der Waals surface area contributed by atoms with E-state index in [2.05, 4.69) is 18.7 Å². The molecule has 14 heavy (non-hydrogen) atoms. The van der Waals surface area contributed by atoms with E-state index in [0.717, 1.165) is 0 Å². The summed E-state index contributed by atoms with van der Waals surface area (Å²) in [5, 5.41) is 0. The van der Waals surface area contributed by atoms with E-state index < -0.39 is 11.6 Å². The minimum atomic E-state index is -0.638. The van der Waals surface area contributed by atoms with Gasteiger partial charge in [0.05, 0.1) is 0 Å². The second kappa shape index (κ2) is 3.58. The van der Waals surface area contributed by atoms with Crippen LogP contribution in [0.5, 0.6) is 0 Å². The molecule has 0 N–H and O–H groups in total. The Morgan fingerprint density at radius 2 is 1.57 bits per heavy atom. The van der Waals surface area contributed by atoms with Crippen LogP contribution in [0.3, 0.4) is 0 Å². The summed E-state index contributed by atoms with van der Waals surface area (Å²) in [7, 11) is 0. The molecule has 0 aliphatic heterocycles. The summed E-state index contributed by atoms with van der Waals surface area (Å²) in [5.41, 5.74) is -0.597. The number of allylic oxidation sites excluding steroid dienone is 2. The third-order valence-corrected chi connectivity index (χ3v) is 2.03. The zero-order valence-corrected chi connectivity index (χ0v) is 9.03. The normalized spacial score (nSPS) is 22.0. The maximum Gasteiger partial charge on any atom is 0.339 e. The van der Waals surface area contributed by atoms with Crippen molar-refractivity contribution < 1.29 is 14.6 Å². The molecule has 1 aliphatic rings. The Morgan fingerprint density at radius 1 is 1.07 bits per heavy atom. The highest BCUT2D eigenvalue weighted by Gasteiger charge is 2.27. The van der Waals surface area contributed by atoms with Crippen molar-refractivity contribution in [2.45, 2.75) is 33.3 Å². The highest BCUT2D eigenvalue weighted by molar-refractivity contribution is 5.65. The molecule has 0 fully saturated rings. The predicted octanol–water partition coefficient (Wildman–Crippen LogP) is 2.39. The number of carbonyl (C=O) groups is 1. The Balaban J connectivity index is 2.62. The third kappa shape index (κ3) is 3.00. The molecule has 1 aliphatic carbocycles. The van der Waals surface area contributed by atoms with Gasteiger partial charge in [0.15, 0.2) is 0 Å². The van der Waals surface area contributed by atoms with Gasteiger partial charge in [0.2, 0.25) is 0 Å². The molecule has 0 aromatic heterocycles. The Kier molecular flexibility index (Phi) is 2.81. The summed E-state index contributed by atoms with van der Waals surface area (Å²) < 4.78 is 0. The van der Waals surface area contributed by atoms with Crippen LogP contribution in [0, 0.1) is 5.41 Å². The first kappa shape index (κ1) is 11.0. The van der Waals surface area contributed by atoms with Crippen LogP contribution >= 0.6 is 0 Å². The predicted molar refractivity (Wildman–Crippen MR) is 53.3 cm³/mol. The molecule has 3 nitrogen and oxygen atoms in total. The molecular weight excluding hydrogens is 180 g/mol. The lowest BCUT2D eigenvalue weighted by Crippen LogP contribution is -2.28. The molecule has 0 radical (unpaired) electrons. The van der Waals surface area contributed by atoms with Crippen LogP contribution in [0.15, 0.2) is 24.3 Å². The first-order chi connectivity index (χ1) is 6.33. The largest absolute Gasteiger partial charge is 0.339 e. The van der Waals surface area contributed by atoms with Crippen LogP contribution < -0.4 is 0 Å². The molecule has 0 aromatic carbocycles. The van der Waals surface area contributed by atoms with E-state index >= 15 is 0 Å².